The zero-order valence-corrected chi connectivity index (χ0v) is 13.8. The summed E-state index contributed by atoms with van der Waals surface area (Å²) in [4.78, 5) is 12.5. The zero-order valence-electron chi connectivity index (χ0n) is 13.8. The SMILES string of the molecule is COCc1ccccc1CNC(=O)C1CCCOC1C(C)C. The van der Waals surface area contributed by atoms with Crippen molar-refractivity contribution in [3.05, 3.63) is 35.4 Å². The van der Waals surface area contributed by atoms with E-state index in [0.717, 1.165) is 30.6 Å². The summed E-state index contributed by atoms with van der Waals surface area (Å²) in [6.45, 7) is 6.10. The Morgan fingerprint density at radius 1 is 1.36 bits per heavy atom. The van der Waals surface area contributed by atoms with Crippen molar-refractivity contribution in [1.29, 1.82) is 0 Å². The maximum Gasteiger partial charge on any atom is 0.226 e. The predicted octanol–water partition coefficient (Wildman–Crippen LogP) is 2.90. The highest BCUT2D eigenvalue weighted by Gasteiger charge is 2.33. The van der Waals surface area contributed by atoms with E-state index >= 15 is 0 Å². The van der Waals surface area contributed by atoms with Gasteiger partial charge in [0.1, 0.15) is 0 Å². The maximum absolute atomic E-state index is 12.5. The van der Waals surface area contributed by atoms with Crippen LogP contribution in [0.25, 0.3) is 0 Å². The highest BCUT2D eigenvalue weighted by Crippen LogP contribution is 2.26. The molecule has 0 aliphatic carbocycles. The largest absolute Gasteiger partial charge is 0.380 e. The molecule has 1 heterocycles. The van der Waals surface area contributed by atoms with Gasteiger partial charge in [-0.05, 0) is 29.9 Å². The quantitative estimate of drug-likeness (QED) is 0.879. The Labute approximate surface area is 133 Å². The normalized spacial score (nSPS) is 21.8. The number of amides is 1. The Bertz CT molecular complexity index is 487. The first-order valence-corrected chi connectivity index (χ1v) is 8.08. The van der Waals surface area contributed by atoms with Gasteiger partial charge in [0.25, 0.3) is 0 Å². The Balaban J connectivity index is 1.97. The van der Waals surface area contributed by atoms with Gasteiger partial charge in [-0.15, -0.1) is 0 Å². The van der Waals surface area contributed by atoms with Crippen molar-refractivity contribution >= 4 is 5.91 Å². The third kappa shape index (κ3) is 4.31. The van der Waals surface area contributed by atoms with E-state index in [9.17, 15) is 4.79 Å². The molecule has 1 amide bonds. The number of hydrogen-bond acceptors (Lipinski definition) is 3. The molecule has 0 aromatic heterocycles. The minimum atomic E-state index is -0.0386. The van der Waals surface area contributed by atoms with E-state index in [-0.39, 0.29) is 17.9 Å². The van der Waals surface area contributed by atoms with Gasteiger partial charge in [-0.25, -0.2) is 0 Å². The van der Waals surface area contributed by atoms with E-state index < -0.39 is 0 Å². The van der Waals surface area contributed by atoms with Gasteiger partial charge in [0.05, 0.1) is 18.6 Å². The summed E-state index contributed by atoms with van der Waals surface area (Å²) in [5.74, 6) is 0.422. The minimum absolute atomic E-state index is 0.0305. The van der Waals surface area contributed by atoms with Crippen LogP contribution >= 0.6 is 0 Å². The molecule has 0 bridgehead atoms. The molecule has 1 aliphatic rings. The number of hydrogen-bond donors (Lipinski definition) is 1. The molecule has 22 heavy (non-hydrogen) atoms. The Morgan fingerprint density at radius 2 is 2.09 bits per heavy atom. The molecule has 4 heteroatoms. The molecule has 2 rings (SSSR count). The summed E-state index contributed by atoms with van der Waals surface area (Å²) in [6, 6.07) is 8.04. The molecule has 1 aromatic rings. The van der Waals surface area contributed by atoms with Crippen LogP contribution in [-0.4, -0.2) is 25.7 Å². The van der Waals surface area contributed by atoms with Gasteiger partial charge in [0, 0.05) is 20.3 Å². The fraction of sp³-hybridized carbons (Fsp3) is 0.611. The lowest BCUT2D eigenvalue weighted by molar-refractivity contribution is -0.137. The minimum Gasteiger partial charge on any atom is -0.380 e. The summed E-state index contributed by atoms with van der Waals surface area (Å²) in [7, 11) is 1.68. The topological polar surface area (TPSA) is 47.6 Å². The molecule has 2 atom stereocenters. The summed E-state index contributed by atoms with van der Waals surface area (Å²) < 4.78 is 11.0. The molecule has 0 saturated carbocycles. The molecule has 1 aliphatic heterocycles. The second-order valence-electron chi connectivity index (χ2n) is 6.25. The standard InChI is InChI=1S/C18H27NO3/c1-13(2)17-16(9-6-10-22-17)18(20)19-11-14-7-4-5-8-15(14)12-21-3/h4-5,7-8,13,16-17H,6,9-12H2,1-3H3,(H,19,20). The second-order valence-corrected chi connectivity index (χ2v) is 6.25. The smallest absolute Gasteiger partial charge is 0.226 e. The number of benzene rings is 1. The molecular weight excluding hydrogens is 278 g/mol. The van der Waals surface area contributed by atoms with Gasteiger partial charge >= 0.3 is 0 Å². The predicted molar refractivity (Wildman–Crippen MR) is 86.3 cm³/mol. The van der Waals surface area contributed by atoms with Gasteiger partial charge < -0.3 is 14.8 Å². The van der Waals surface area contributed by atoms with E-state index in [2.05, 4.69) is 19.2 Å². The van der Waals surface area contributed by atoms with Crippen LogP contribution in [0.5, 0.6) is 0 Å². The average Bonchev–Trinajstić information content (AvgIpc) is 2.54. The Kier molecular flexibility index (Phi) is 6.40. The van der Waals surface area contributed by atoms with Gasteiger partial charge in [0.15, 0.2) is 0 Å². The zero-order chi connectivity index (χ0) is 15.9. The van der Waals surface area contributed by atoms with Gasteiger partial charge in [-0.3, -0.25) is 4.79 Å². The lowest BCUT2D eigenvalue weighted by Crippen LogP contribution is -2.43. The van der Waals surface area contributed by atoms with Crippen LogP contribution in [0.15, 0.2) is 24.3 Å². The van der Waals surface area contributed by atoms with Crippen molar-refractivity contribution in [3.63, 3.8) is 0 Å². The fourth-order valence-corrected chi connectivity index (χ4v) is 3.08. The molecule has 1 saturated heterocycles. The molecule has 1 N–H and O–H groups in total. The summed E-state index contributed by atoms with van der Waals surface area (Å²) in [6.07, 6.45) is 1.90. The van der Waals surface area contributed by atoms with Gasteiger partial charge in [0.2, 0.25) is 5.91 Å². The van der Waals surface area contributed by atoms with Crippen molar-refractivity contribution in [1.82, 2.24) is 5.32 Å². The van der Waals surface area contributed by atoms with Gasteiger partial charge in [-0.2, -0.15) is 0 Å². The molecule has 2 unspecified atom stereocenters. The van der Waals surface area contributed by atoms with Crippen LogP contribution in [0, 0.1) is 11.8 Å². The van der Waals surface area contributed by atoms with E-state index in [1.807, 2.05) is 24.3 Å². The number of ether oxygens (including phenoxy) is 2. The van der Waals surface area contributed by atoms with Crippen LogP contribution in [0.3, 0.4) is 0 Å². The second kappa shape index (κ2) is 8.30. The monoisotopic (exact) mass is 305 g/mol. The van der Waals surface area contributed by atoms with Crippen LogP contribution in [0.2, 0.25) is 0 Å². The van der Waals surface area contributed by atoms with Crippen LogP contribution in [0.4, 0.5) is 0 Å². The van der Waals surface area contributed by atoms with E-state index in [4.69, 9.17) is 9.47 Å². The number of carbonyl (C=O) groups is 1. The third-order valence-corrected chi connectivity index (χ3v) is 4.23. The number of methoxy groups -OCH3 is 1. The van der Waals surface area contributed by atoms with Crippen molar-refractivity contribution in [2.45, 2.75) is 45.9 Å². The molecule has 1 fully saturated rings. The summed E-state index contributed by atoms with van der Waals surface area (Å²) >= 11 is 0. The molecular formula is C18H27NO3. The average molecular weight is 305 g/mol. The number of nitrogens with one attached hydrogen (secondary N) is 1. The highest BCUT2D eigenvalue weighted by atomic mass is 16.5. The van der Waals surface area contributed by atoms with E-state index in [0.29, 0.717) is 19.1 Å². The number of rotatable bonds is 6. The van der Waals surface area contributed by atoms with Crippen molar-refractivity contribution in [3.8, 4) is 0 Å². The van der Waals surface area contributed by atoms with E-state index in [1.54, 1.807) is 7.11 Å². The Morgan fingerprint density at radius 3 is 2.77 bits per heavy atom. The lowest BCUT2D eigenvalue weighted by atomic mass is 9.86. The molecule has 4 nitrogen and oxygen atoms in total. The Hall–Kier alpha value is -1.39. The summed E-state index contributed by atoms with van der Waals surface area (Å²) in [5, 5.41) is 3.08. The first-order chi connectivity index (χ1) is 10.6. The highest BCUT2D eigenvalue weighted by molar-refractivity contribution is 5.79. The third-order valence-electron chi connectivity index (χ3n) is 4.23. The summed E-state index contributed by atoms with van der Waals surface area (Å²) in [5.41, 5.74) is 2.22. The first-order valence-electron chi connectivity index (χ1n) is 8.08. The van der Waals surface area contributed by atoms with Crippen molar-refractivity contribution in [2.24, 2.45) is 11.8 Å². The number of carbonyl (C=O) groups excluding carboxylic acids is 1. The maximum atomic E-state index is 12.5. The first kappa shape index (κ1) is 17.0. The molecule has 1 aromatic carbocycles. The molecule has 0 spiro atoms. The van der Waals surface area contributed by atoms with Crippen molar-refractivity contribution in [2.75, 3.05) is 13.7 Å². The lowest BCUT2D eigenvalue weighted by Gasteiger charge is -2.33. The van der Waals surface area contributed by atoms with Crippen molar-refractivity contribution < 1.29 is 14.3 Å². The molecule has 0 radical (unpaired) electrons. The molecule has 122 valence electrons. The van der Waals surface area contributed by atoms with Gasteiger partial charge in [-0.1, -0.05) is 38.1 Å². The van der Waals surface area contributed by atoms with Crippen LogP contribution in [-0.2, 0) is 27.4 Å². The van der Waals surface area contributed by atoms with E-state index in [1.165, 1.54) is 0 Å². The van der Waals surface area contributed by atoms with Crippen LogP contribution < -0.4 is 5.32 Å². The fourth-order valence-electron chi connectivity index (χ4n) is 3.08. The van der Waals surface area contributed by atoms with Crippen LogP contribution in [0.1, 0.15) is 37.8 Å².